The first-order valence-electron chi connectivity index (χ1n) is 11.0. The van der Waals surface area contributed by atoms with Crippen molar-refractivity contribution >= 4 is 0 Å². The third-order valence-corrected chi connectivity index (χ3v) is 8.62. The molecule has 4 rings (SSSR count). The summed E-state index contributed by atoms with van der Waals surface area (Å²) in [6.07, 6.45) is 4.53. The van der Waals surface area contributed by atoms with Crippen LogP contribution in [-0.4, -0.2) is 38.3 Å². The summed E-state index contributed by atoms with van der Waals surface area (Å²) in [4.78, 5) is 0. The molecular formula is C24H36O5. The zero-order chi connectivity index (χ0) is 20.9. The molecular weight excluding hydrogens is 368 g/mol. The number of benzene rings is 1. The van der Waals surface area contributed by atoms with Gasteiger partial charge in [-0.05, 0) is 55.7 Å². The van der Waals surface area contributed by atoms with Crippen molar-refractivity contribution in [3.8, 4) is 11.5 Å². The molecule has 1 N–H and O–H groups in total. The highest BCUT2D eigenvalue weighted by Crippen LogP contribution is 2.68. The molecule has 162 valence electrons. The lowest BCUT2D eigenvalue weighted by molar-refractivity contribution is -0.305. The maximum Gasteiger partial charge on any atom is 0.174 e. The van der Waals surface area contributed by atoms with Crippen LogP contribution >= 0.6 is 0 Å². The summed E-state index contributed by atoms with van der Waals surface area (Å²) >= 11 is 0. The van der Waals surface area contributed by atoms with Crippen molar-refractivity contribution in [3.63, 3.8) is 0 Å². The SMILES string of the molecule is COc1ccc(OC)c(C(O)[C@]2(C)[C@@H](C)CC[C@]3(C)[C@H]2CCCC32OCCO2)c1. The van der Waals surface area contributed by atoms with Crippen molar-refractivity contribution in [3.05, 3.63) is 23.8 Å². The molecule has 3 fully saturated rings. The molecule has 0 radical (unpaired) electrons. The van der Waals surface area contributed by atoms with Gasteiger partial charge in [-0.15, -0.1) is 0 Å². The van der Waals surface area contributed by atoms with Gasteiger partial charge in [0.2, 0.25) is 0 Å². The number of aliphatic hydroxyl groups excluding tert-OH is 1. The molecule has 3 aliphatic rings. The van der Waals surface area contributed by atoms with Crippen LogP contribution in [0.15, 0.2) is 18.2 Å². The zero-order valence-electron chi connectivity index (χ0n) is 18.5. The third kappa shape index (κ3) is 2.92. The topological polar surface area (TPSA) is 57.2 Å². The molecule has 0 bridgehead atoms. The molecule has 1 aliphatic heterocycles. The molecule has 5 heteroatoms. The Morgan fingerprint density at radius 3 is 2.45 bits per heavy atom. The molecule has 2 aliphatic carbocycles. The number of ether oxygens (including phenoxy) is 4. The first-order chi connectivity index (χ1) is 13.8. The Balaban J connectivity index is 1.79. The summed E-state index contributed by atoms with van der Waals surface area (Å²) in [7, 11) is 3.31. The van der Waals surface area contributed by atoms with E-state index in [1.165, 1.54) is 0 Å². The number of hydrogen-bond donors (Lipinski definition) is 1. The Labute approximate surface area is 174 Å². The van der Waals surface area contributed by atoms with Gasteiger partial charge in [0.1, 0.15) is 11.5 Å². The van der Waals surface area contributed by atoms with Crippen LogP contribution in [0.1, 0.15) is 64.5 Å². The molecule has 5 atom stereocenters. The minimum atomic E-state index is -0.663. The van der Waals surface area contributed by atoms with E-state index in [-0.39, 0.29) is 16.7 Å². The highest BCUT2D eigenvalue weighted by Gasteiger charge is 2.66. The fourth-order valence-electron chi connectivity index (χ4n) is 6.72. The van der Waals surface area contributed by atoms with Crippen molar-refractivity contribution in [2.75, 3.05) is 27.4 Å². The van der Waals surface area contributed by atoms with Gasteiger partial charge in [0.15, 0.2) is 5.79 Å². The van der Waals surface area contributed by atoms with Crippen molar-refractivity contribution in [2.24, 2.45) is 22.7 Å². The Hall–Kier alpha value is -1.30. The number of hydrogen-bond acceptors (Lipinski definition) is 5. The minimum Gasteiger partial charge on any atom is -0.497 e. The lowest BCUT2D eigenvalue weighted by Crippen LogP contribution is -2.62. The average molecular weight is 405 g/mol. The van der Waals surface area contributed by atoms with Crippen LogP contribution < -0.4 is 9.47 Å². The van der Waals surface area contributed by atoms with Gasteiger partial charge in [0.25, 0.3) is 0 Å². The van der Waals surface area contributed by atoms with Gasteiger partial charge in [-0.3, -0.25) is 0 Å². The second-order valence-corrected chi connectivity index (χ2v) is 9.63. The quantitative estimate of drug-likeness (QED) is 0.787. The zero-order valence-corrected chi connectivity index (χ0v) is 18.5. The van der Waals surface area contributed by atoms with Crippen molar-refractivity contribution in [1.82, 2.24) is 0 Å². The molecule has 1 saturated heterocycles. The average Bonchev–Trinajstić information content (AvgIpc) is 3.21. The number of rotatable bonds is 4. The first-order valence-corrected chi connectivity index (χ1v) is 11.0. The van der Waals surface area contributed by atoms with E-state index in [0.29, 0.717) is 24.9 Å². The van der Waals surface area contributed by atoms with E-state index in [1.807, 2.05) is 18.2 Å². The largest absolute Gasteiger partial charge is 0.497 e. The van der Waals surface area contributed by atoms with E-state index in [1.54, 1.807) is 14.2 Å². The highest BCUT2D eigenvalue weighted by molar-refractivity contribution is 5.43. The maximum absolute atomic E-state index is 11.9. The Kier molecular flexibility index (Phi) is 5.37. The Morgan fingerprint density at radius 1 is 1.07 bits per heavy atom. The Morgan fingerprint density at radius 2 is 1.79 bits per heavy atom. The second kappa shape index (κ2) is 7.44. The molecule has 29 heavy (non-hydrogen) atoms. The maximum atomic E-state index is 11.9. The normalized spacial score (nSPS) is 37.2. The second-order valence-electron chi connectivity index (χ2n) is 9.63. The molecule has 1 spiro atoms. The van der Waals surface area contributed by atoms with Crippen molar-refractivity contribution in [1.29, 1.82) is 0 Å². The standard InChI is InChI=1S/C24H36O5/c1-16-10-12-22(2)20(7-6-11-24(22)28-13-14-29-24)23(16,3)21(25)18-15-17(26-4)8-9-19(18)27-5/h8-9,15-16,20-21,25H,6-7,10-14H2,1-5H3/t16-,20+,21?,22+,23+/m0/s1. The van der Waals surface area contributed by atoms with Crippen molar-refractivity contribution < 1.29 is 24.1 Å². The van der Waals surface area contributed by atoms with Crippen LogP contribution in [0.5, 0.6) is 11.5 Å². The van der Waals surface area contributed by atoms with E-state index < -0.39 is 11.9 Å². The summed E-state index contributed by atoms with van der Waals surface area (Å²) in [5, 5.41) is 11.9. The molecule has 1 aromatic carbocycles. The van der Waals surface area contributed by atoms with E-state index in [0.717, 1.165) is 43.4 Å². The monoisotopic (exact) mass is 404 g/mol. The lowest BCUT2D eigenvalue weighted by atomic mass is 9.44. The predicted molar refractivity (Wildman–Crippen MR) is 111 cm³/mol. The van der Waals surface area contributed by atoms with Gasteiger partial charge in [-0.25, -0.2) is 0 Å². The van der Waals surface area contributed by atoms with Gasteiger partial charge < -0.3 is 24.1 Å². The summed E-state index contributed by atoms with van der Waals surface area (Å²) in [5.74, 6) is 1.59. The number of aliphatic hydroxyl groups is 1. The summed E-state index contributed by atoms with van der Waals surface area (Å²) < 4.78 is 23.7. The molecule has 1 unspecified atom stereocenters. The molecule has 5 nitrogen and oxygen atoms in total. The van der Waals surface area contributed by atoms with Gasteiger partial charge in [-0.1, -0.05) is 20.8 Å². The van der Waals surface area contributed by atoms with E-state index in [4.69, 9.17) is 18.9 Å². The highest BCUT2D eigenvalue weighted by atomic mass is 16.7. The third-order valence-electron chi connectivity index (χ3n) is 8.62. The smallest absolute Gasteiger partial charge is 0.174 e. The minimum absolute atomic E-state index is 0.115. The summed E-state index contributed by atoms with van der Waals surface area (Å²) in [5.41, 5.74) is 0.365. The van der Waals surface area contributed by atoms with E-state index in [2.05, 4.69) is 20.8 Å². The summed E-state index contributed by atoms with van der Waals surface area (Å²) in [6.45, 7) is 8.22. The van der Waals surface area contributed by atoms with Crippen LogP contribution in [0.4, 0.5) is 0 Å². The van der Waals surface area contributed by atoms with Gasteiger partial charge in [0, 0.05) is 22.8 Å². The molecule has 1 heterocycles. The van der Waals surface area contributed by atoms with Crippen LogP contribution in [-0.2, 0) is 9.47 Å². The molecule has 2 saturated carbocycles. The molecule has 0 amide bonds. The van der Waals surface area contributed by atoms with E-state index in [9.17, 15) is 5.11 Å². The molecule has 0 aromatic heterocycles. The summed E-state index contributed by atoms with van der Waals surface area (Å²) in [6, 6.07) is 5.69. The van der Waals surface area contributed by atoms with Crippen LogP contribution in [0, 0.1) is 22.7 Å². The van der Waals surface area contributed by atoms with Crippen LogP contribution in [0.3, 0.4) is 0 Å². The fourth-order valence-corrected chi connectivity index (χ4v) is 6.72. The van der Waals surface area contributed by atoms with Gasteiger partial charge in [0.05, 0.1) is 33.5 Å². The fraction of sp³-hybridized carbons (Fsp3) is 0.750. The van der Waals surface area contributed by atoms with Crippen LogP contribution in [0.2, 0.25) is 0 Å². The van der Waals surface area contributed by atoms with Crippen LogP contribution in [0.25, 0.3) is 0 Å². The first kappa shape index (κ1) is 21.0. The number of fused-ring (bicyclic) bond motifs is 2. The lowest BCUT2D eigenvalue weighted by Gasteiger charge is -2.63. The van der Waals surface area contributed by atoms with E-state index >= 15 is 0 Å². The van der Waals surface area contributed by atoms with Gasteiger partial charge in [-0.2, -0.15) is 0 Å². The number of methoxy groups -OCH3 is 2. The molecule has 1 aromatic rings. The van der Waals surface area contributed by atoms with Crippen molar-refractivity contribution in [2.45, 2.75) is 64.8 Å². The Bertz CT molecular complexity index is 743. The predicted octanol–water partition coefficient (Wildman–Crippen LogP) is 4.72. The van der Waals surface area contributed by atoms with Gasteiger partial charge >= 0.3 is 0 Å².